The molecule has 1 N–H and O–H groups in total. The zero-order chi connectivity index (χ0) is 10.3. The first-order valence-corrected chi connectivity index (χ1v) is 4.92. The summed E-state index contributed by atoms with van der Waals surface area (Å²) < 4.78 is 7.84. The average molecular weight is 195 g/mol. The number of nitrogens with one attached hydrogen (secondary N) is 1. The summed E-state index contributed by atoms with van der Waals surface area (Å²) in [4.78, 5) is 0. The molecular weight excluding hydrogens is 178 g/mol. The molecule has 1 fully saturated rings. The van der Waals surface area contributed by atoms with Crippen LogP contribution in [0.1, 0.15) is 18.3 Å². The molecule has 1 aliphatic heterocycles. The van der Waals surface area contributed by atoms with Gasteiger partial charge in [0.2, 0.25) is 0 Å². The van der Waals surface area contributed by atoms with Crippen LogP contribution in [0.4, 0.5) is 0 Å². The van der Waals surface area contributed by atoms with E-state index in [1.165, 1.54) is 0 Å². The first-order chi connectivity index (χ1) is 6.52. The molecule has 14 heavy (non-hydrogen) atoms. The predicted octanol–water partition coefficient (Wildman–Crippen LogP) is 0.778. The number of nitrogens with zero attached hydrogens (tertiary/aromatic N) is 2. The molecule has 0 saturated carbocycles. The van der Waals surface area contributed by atoms with Crippen molar-refractivity contribution in [2.45, 2.75) is 26.4 Å². The van der Waals surface area contributed by atoms with Crippen LogP contribution in [0, 0.1) is 13.8 Å². The van der Waals surface area contributed by atoms with Crippen molar-refractivity contribution in [2.24, 2.45) is 7.05 Å². The molecule has 0 spiro atoms. The van der Waals surface area contributed by atoms with Crippen LogP contribution >= 0.6 is 0 Å². The minimum Gasteiger partial charge on any atom is -0.481 e. The van der Waals surface area contributed by atoms with E-state index in [1.807, 2.05) is 25.6 Å². The third-order valence-corrected chi connectivity index (χ3v) is 2.79. The lowest BCUT2D eigenvalue weighted by Crippen LogP contribution is -2.61. The predicted molar refractivity (Wildman–Crippen MR) is 54.6 cm³/mol. The minimum absolute atomic E-state index is 0.0431. The maximum atomic E-state index is 5.97. The lowest BCUT2D eigenvalue weighted by Gasteiger charge is -2.39. The number of hydrogen-bond acceptors (Lipinski definition) is 3. The van der Waals surface area contributed by atoms with Crippen molar-refractivity contribution < 1.29 is 4.74 Å². The smallest absolute Gasteiger partial charge is 0.163 e. The Hall–Kier alpha value is -1.03. The van der Waals surface area contributed by atoms with Crippen LogP contribution in [0.2, 0.25) is 0 Å². The molecule has 4 nitrogen and oxygen atoms in total. The van der Waals surface area contributed by atoms with Crippen molar-refractivity contribution in [2.75, 3.05) is 13.1 Å². The van der Waals surface area contributed by atoms with Gasteiger partial charge in [0.25, 0.3) is 0 Å². The zero-order valence-electron chi connectivity index (χ0n) is 9.22. The first-order valence-electron chi connectivity index (χ1n) is 4.92. The van der Waals surface area contributed by atoms with E-state index in [0.717, 1.165) is 30.2 Å². The van der Waals surface area contributed by atoms with Gasteiger partial charge in [0.1, 0.15) is 11.3 Å². The van der Waals surface area contributed by atoms with Crippen LogP contribution < -0.4 is 10.1 Å². The largest absolute Gasteiger partial charge is 0.481 e. The molecule has 1 aromatic heterocycles. The van der Waals surface area contributed by atoms with E-state index in [0.29, 0.717) is 0 Å². The third-order valence-electron chi connectivity index (χ3n) is 2.79. The van der Waals surface area contributed by atoms with Crippen molar-refractivity contribution in [3.63, 3.8) is 0 Å². The molecule has 78 valence electrons. The monoisotopic (exact) mass is 195 g/mol. The van der Waals surface area contributed by atoms with Gasteiger partial charge in [0, 0.05) is 20.1 Å². The van der Waals surface area contributed by atoms with Gasteiger partial charge < -0.3 is 10.1 Å². The molecule has 0 atom stereocenters. The van der Waals surface area contributed by atoms with Crippen molar-refractivity contribution in [1.82, 2.24) is 15.1 Å². The van der Waals surface area contributed by atoms with E-state index in [-0.39, 0.29) is 5.60 Å². The van der Waals surface area contributed by atoms with Crippen molar-refractivity contribution in [3.05, 3.63) is 11.4 Å². The molecule has 0 radical (unpaired) electrons. The quantitative estimate of drug-likeness (QED) is 0.758. The van der Waals surface area contributed by atoms with E-state index in [9.17, 15) is 0 Å². The van der Waals surface area contributed by atoms with Gasteiger partial charge in [0.15, 0.2) is 5.75 Å². The molecule has 2 heterocycles. The number of ether oxygens (including phenoxy) is 1. The first kappa shape index (κ1) is 9.52. The third kappa shape index (κ3) is 1.39. The molecule has 1 saturated heterocycles. The van der Waals surface area contributed by atoms with Gasteiger partial charge in [-0.3, -0.25) is 4.68 Å². The number of rotatable bonds is 2. The van der Waals surface area contributed by atoms with Crippen LogP contribution in [0.25, 0.3) is 0 Å². The van der Waals surface area contributed by atoms with E-state index in [2.05, 4.69) is 17.3 Å². The van der Waals surface area contributed by atoms with Crippen LogP contribution in [-0.4, -0.2) is 28.5 Å². The summed E-state index contributed by atoms with van der Waals surface area (Å²) in [5, 5.41) is 7.54. The maximum absolute atomic E-state index is 5.97. The Balaban J connectivity index is 2.23. The molecule has 1 aromatic rings. The highest BCUT2D eigenvalue weighted by Crippen LogP contribution is 2.27. The van der Waals surface area contributed by atoms with Crippen LogP contribution in [0.3, 0.4) is 0 Å². The lowest BCUT2D eigenvalue weighted by atomic mass is 10.00. The summed E-state index contributed by atoms with van der Waals surface area (Å²) in [6, 6.07) is 0. The molecule has 1 aliphatic rings. The molecule has 0 amide bonds. The molecule has 0 aromatic carbocycles. The Kier molecular flexibility index (Phi) is 2.03. The Morgan fingerprint density at radius 1 is 1.43 bits per heavy atom. The van der Waals surface area contributed by atoms with Gasteiger partial charge in [-0.15, -0.1) is 0 Å². The summed E-state index contributed by atoms with van der Waals surface area (Å²) in [5.74, 6) is 0.941. The van der Waals surface area contributed by atoms with Gasteiger partial charge in [0.05, 0.1) is 5.69 Å². The van der Waals surface area contributed by atoms with Gasteiger partial charge in [-0.2, -0.15) is 5.10 Å². The number of aromatic nitrogens is 2. The maximum Gasteiger partial charge on any atom is 0.163 e. The topological polar surface area (TPSA) is 39.1 Å². The second-order valence-electron chi connectivity index (χ2n) is 4.28. The van der Waals surface area contributed by atoms with E-state index in [1.54, 1.807) is 0 Å². The fraction of sp³-hybridized carbons (Fsp3) is 0.700. The van der Waals surface area contributed by atoms with Crippen molar-refractivity contribution in [1.29, 1.82) is 0 Å². The van der Waals surface area contributed by atoms with Gasteiger partial charge >= 0.3 is 0 Å². The number of aryl methyl sites for hydroxylation is 2. The summed E-state index contributed by atoms with van der Waals surface area (Å²) in [6.07, 6.45) is 0. The second-order valence-corrected chi connectivity index (χ2v) is 4.28. The Morgan fingerprint density at radius 3 is 2.43 bits per heavy atom. The minimum atomic E-state index is -0.0431. The second kappa shape index (κ2) is 2.98. The van der Waals surface area contributed by atoms with Crippen molar-refractivity contribution in [3.8, 4) is 5.75 Å². The summed E-state index contributed by atoms with van der Waals surface area (Å²) in [7, 11) is 1.94. The van der Waals surface area contributed by atoms with E-state index >= 15 is 0 Å². The summed E-state index contributed by atoms with van der Waals surface area (Å²) in [5.41, 5.74) is 2.02. The molecule has 4 heteroatoms. The highest BCUT2D eigenvalue weighted by molar-refractivity contribution is 5.32. The zero-order valence-corrected chi connectivity index (χ0v) is 9.22. The SMILES string of the molecule is Cc1nn(C)c(C)c1OC1(C)CNC1. The Labute approximate surface area is 84.3 Å². The van der Waals surface area contributed by atoms with E-state index in [4.69, 9.17) is 4.74 Å². The molecule has 0 aliphatic carbocycles. The normalized spacial score (nSPS) is 19.1. The van der Waals surface area contributed by atoms with Gasteiger partial charge in [-0.1, -0.05) is 0 Å². The van der Waals surface area contributed by atoms with Crippen LogP contribution in [0.15, 0.2) is 0 Å². The molecule has 0 bridgehead atoms. The Morgan fingerprint density at radius 2 is 2.07 bits per heavy atom. The van der Waals surface area contributed by atoms with Crippen LogP contribution in [-0.2, 0) is 7.05 Å². The lowest BCUT2D eigenvalue weighted by molar-refractivity contribution is 0.0334. The molecule has 0 unspecified atom stereocenters. The Bertz CT molecular complexity index is 352. The molecule has 2 rings (SSSR count). The van der Waals surface area contributed by atoms with Crippen molar-refractivity contribution >= 4 is 0 Å². The summed E-state index contributed by atoms with van der Waals surface area (Å²) >= 11 is 0. The standard InChI is InChI=1S/C10H17N3O/c1-7-9(8(2)13(4)12-7)14-10(3)5-11-6-10/h11H,5-6H2,1-4H3. The average Bonchev–Trinajstić information content (AvgIpc) is 2.29. The van der Waals surface area contributed by atoms with E-state index < -0.39 is 0 Å². The highest BCUT2D eigenvalue weighted by Gasteiger charge is 2.35. The van der Waals surface area contributed by atoms with Gasteiger partial charge in [-0.25, -0.2) is 0 Å². The highest BCUT2D eigenvalue weighted by atomic mass is 16.5. The van der Waals surface area contributed by atoms with Gasteiger partial charge in [-0.05, 0) is 20.8 Å². The summed E-state index contributed by atoms with van der Waals surface area (Å²) in [6.45, 7) is 7.97. The van der Waals surface area contributed by atoms with Crippen LogP contribution in [0.5, 0.6) is 5.75 Å². The number of hydrogen-bond donors (Lipinski definition) is 1. The molecular formula is C10H17N3O. The fourth-order valence-electron chi connectivity index (χ4n) is 1.70. The fourth-order valence-corrected chi connectivity index (χ4v) is 1.70.